The maximum absolute atomic E-state index is 13.0. The van der Waals surface area contributed by atoms with Crippen LogP contribution in [0.2, 0.25) is 0 Å². The van der Waals surface area contributed by atoms with Crippen molar-refractivity contribution in [3.05, 3.63) is 53.1 Å². The zero-order valence-electron chi connectivity index (χ0n) is 18.4. The number of fused-ring (bicyclic) bond motifs is 1. The Hall–Kier alpha value is -3.53. The van der Waals surface area contributed by atoms with E-state index in [9.17, 15) is 18.4 Å². The second-order valence-corrected chi connectivity index (χ2v) is 7.46. The summed E-state index contributed by atoms with van der Waals surface area (Å²) in [6, 6.07) is 10.1. The van der Waals surface area contributed by atoms with Gasteiger partial charge in [0, 0.05) is 37.7 Å². The molecule has 3 rings (SSSR count). The third-order valence-corrected chi connectivity index (χ3v) is 5.16. The predicted molar refractivity (Wildman–Crippen MR) is 121 cm³/mol. The van der Waals surface area contributed by atoms with Crippen molar-refractivity contribution >= 4 is 29.0 Å². The number of benzene rings is 2. The Morgan fingerprint density at radius 3 is 2.76 bits per heavy atom. The second kappa shape index (κ2) is 10.9. The van der Waals surface area contributed by atoms with Crippen LogP contribution in [0.3, 0.4) is 0 Å². The number of nitrogens with two attached hydrogens (primary N) is 1. The van der Waals surface area contributed by atoms with Gasteiger partial charge in [-0.1, -0.05) is 12.1 Å². The predicted octanol–water partition coefficient (Wildman–Crippen LogP) is 3.21. The zero-order chi connectivity index (χ0) is 24.0. The lowest BCUT2D eigenvalue weighted by atomic mass is 10.1. The first-order valence-corrected chi connectivity index (χ1v) is 10.4. The fraction of sp³-hybridized carbons (Fsp3) is 0.348. The van der Waals surface area contributed by atoms with Crippen LogP contribution in [0.25, 0.3) is 0 Å². The van der Waals surface area contributed by atoms with Crippen LogP contribution >= 0.6 is 0 Å². The topological polar surface area (TPSA) is 106 Å². The Balaban J connectivity index is 1.67. The molecule has 0 unspecified atom stereocenters. The summed E-state index contributed by atoms with van der Waals surface area (Å²) in [5, 5.41) is 2.76. The van der Waals surface area contributed by atoms with Crippen molar-refractivity contribution in [2.45, 2.75) is 32.9 Å². The molecule has 2 aromatic carbocycles. The highest BCUT2D eigenvalue weighted by Gasteiger charge is 2.23. The highest BCUT2D eigenvalue weighted by atomic mass is 19.3. The smallest absolute Gasteiger partial charge is 0.387 e. The summed E-state index contributed by atoms with van der Waals surface area (Å²) in [4.78, 5) is 30.9. The van der Waals surface area contributed by atoms with Crippen molar-refractivity contribution in [1.29, 1.82) is 0 Å². The molecule has 0 radical (unpaired) electrons. The molecule has 3 N–H and O–H groups in total. The van der Waals surface area contributed by atoms with Gasteiger partial charge in [-0.15, -0.1) is 0 Å². The second-order valence-electron chi connectivity index (χ2n) is 7.46. The standard InChI is InChI=1S/C23H26F2N4O4/c1-14-4-3-5-18(21(14)33-23(24)25)29(10-11-32-2)20(31)9-8-19(30)28-16-6-7-17-15(12-16)13-27-22(17)26/h3-7,12,23H,8-11,13H2,1-2H3,(H2,26,27)(H,28,30). The number of hydrogen-bond donors (Lipinski definition) is 2. The molecule has 0 bridgehead atoms. The molecule has 0 spiro atoms. The van der Waals surface area contributed by atoms with Gasteiger partial charge in [0.05, 0.1) is 18.8 Å². The first-order chi connectivity index (χ1) is 15.8. The highest BCUT2D eigenvalue weighted by Crippen LogP contribution is 2.33. The summed E-state index contributed by atoms with van der Waals surface area (Å²) in [5.41, 5.74) is 8.80. The molecule has 10 heteroatoms. The summed E-state index contributed by atoms with van der Waals surface area (Å²) < 4.78 is 35.6. The van der Waals surface area contributed by atoms with Crippen LogP contribution in [0.5, 0.6) is 5.75 Å². The fourth-order valence-corrected chi connectivity index (χ4v) is 3.54. The molecule has 1 aliphatic heterocycles. The van der Waals surface area contributed by atoms with E-state index >= 15 is 0 Å². The molecular weight excluding hydrogens is 434 g/mol. The van der Waals surface area contributed by atoms with Gasteiger partial charge in [-0.25, -0.2) is 0 Å². The van der Waals surface area contributed by atoms with E-state index in [4.69, 9.17) is 10.5 Å². The van der Waals surface area contributed by atoms with Crippen LogP contribution in [0.1, 0.15) is 29.5 Å². The van der Waals surface area contributed by atoms with E-state index in [1.165, 1.54) is 18.1 Å². The van der Waals surface area contributed by atoms with Crippen molar-refractivity contribution in [3.63, 3.8) is 0 Å². The average molecular weight is 460 g/mol. The van der Waals surface area contributed by atoms with Gasteiger partial charge in [-0.05, 0) is 42.3 Å². The van der Waals surface area contributed by atoms with E-state index < -0.39 is 12.5 Å². The summed E-state index contributed by atoms with van der Waals surface area (Å²) in [6.45, 7) is -0.671. The third kappa shape index (κ3) is 6.04. The number of nitrogens with zero attached hydrogens (tertiary/aromatic N) is 2. The third-order valence-electron chi connectivity index (χ3n) is 5.16. The fourth-order valence-electron chi connectivity index (χ4n) is 3.54. The minimum atomic E-state index is -3.04. The van der Waals surface area contributed by atoms with Gasteiger partial charge in [0.1, 0.15) is 5.84 Å². The lowest BCUT2D eigenvalue weighted by molar-refractivity contribution is -0.122. The Morgan fingerprint density at radius 2 is 2.03 bits per heavy atom. The van der Waals surface area contributed by atoms with Crippen molar-refractivity contribution < 1.29 is 27.8 Å². The van der Waals surface area contributed by atoms with Gasteiger partial charge in [0.25, 0.3) is 0 Å². The molecule has 2 aromatic rings. The summed E-state index contributed by atoms with van der Waals surface area (Å²) in [6.07, 6.45) is -0.215. The number of para-hydroxylation sites is 1. The largest absolute Gasteiger partial charge is 0.432 e. The lowest BCUT2D eigenvalue weighted by Crippen LogP contribution is -2.35. The number of halogens is 2. The molecule has 0 aliphatic carbocycles. The van der Waals surface area contributed by atoms with Gasteiger partial charge in [0.2, 0.25) is 11.8 Å². The minimum Gasteiger partial charge on any atom is -0.432 e. The number of nitrogens with one attached hydrogen (secondary N) is 1. The number of rotatable bonds is 10. The molecule has 176 valence electrons. The number of methoxy groups -OCH3 is 1. The molecule has 0 saturated carbocycles. The molecular formula is C23H26F2N4O4. The lowest BCUT2D eigenvalue weighted by Gasteiger charge is -2.25. The van der Waals surface area contributed by atoms with Gasteiger partial charge < -0.3 is 25.4 Å². The summed E-state index contributed by atoms with van der Waals surface area (Å²) in [7, 11) is 1.47. The first kappa shape index (κ1) is 24.1. The first-order valence-electron chi connectivity index (χ1n) is 10.4. The van der Waals surface area contributed by atoms with Gasteiger partial charge in [-0.3, -0.25) is 14.6 Å². The van der Waals surface area contributed by atoms with E-state index in [1.807, 2.05) is 0 Å². The van der Waals surface area contributed by atoms with Crippen LogP contribution < -0.4 is 20.7 Å². The molecule has 0 saturated heterocycles. The van der Waals surface area contributed by atoms with E-state index in [0.29, 0.717) is 23.6 Å². The number of ether oxygens (including phenoxy) is 2. The molecule has 2 amide bonds. The normalized spacial score (nSPS) is 12.3. The maximum Gasteiger partial charge on any atom is 0.387 e. The van der Waals surface area contributed by atoms with Gasteiger partial charge in [-0.2, -0.15) is 8.78 Å². The van der Waals surface area contributed by atoms with Crippen LogP contribution in [0.4, 0.5) is 20.2 Å². The number of carbonyl (C=O) groups is 2. The van der Waals surface area contributed by atoms with Crippen LogP contribution in [-0.4, -0.2) is 44.5 Å². The Bertz CT molecular complexity index is 1060. The molecule has 8 nitrogen and oxygen atoms in total. The zero-order valence-corrected chi connectivity index (χ0v) is 18.4. The van der Waals surface area contributed by atoms with Crippen molar-refractivity contribution in [1.82, 2.24) is 0 Å². The van der Waals surface area contributed by atoms with E-state index in [-0.39, 0.29) is 43.3 Å². The van der Waals surface area contributed by atoms with Crippen LogP contribution in [0, 0.1) is 6.92 Å². The quantitative estimate of drug-likeness (QED) is 0.566. The Morgan fingerprint density at radius 1 is 1.24 bits per heavy atom. The Kier molecular flexibility index (Phi) is 7.94. The van der Waals surface area contributed by atoms with Crippen LogP contribution in [0.15, 0.2) is 41.4 Å². The van der Waals surface area contributed by atoms with E-state index in [1.54, 1.807) is 37.3 Å². The van der Waals surface area contributed by atoms with Crippen molar-refractivity contribution in [3.8, 4) is 5.75 Å². The van der Waals surface area contributed by atoms with Gasteiger partial charge in [0.15, 0.2) is 5.75 Å². The van der Waals surface area contributed by atoms with Gasteiger partial charge >= 0.3 is 6.61 Å². The monoisotopic (exact) mass is 460 g/mol. The van der Waals surface area contributed by atoms with Crippen molar-refractivity contribution in [2.24, 2.45) is 10.7 Å². The molecule has 1 aliphatic rings. The molecule has 33 heavy (non-hydrogen) atoms. The number of alkyl halides is 2. The summed E-state index contributed by atoms with van der Waals surface area (Å²) in [5.74, 6) is -0.380. The van der Waals surface area contributed by atoms with E-state index in [2.05, 4.69) is 15.0 Å². The van der Waals surface area contributed by atoms with Crippen LogP contribution in [-0.2, 0) is 20.9 Å². The number of anilines is 2. The number of hydrogen-bond acceptors (Lipinski definition) is 6. The highest BCUT2D eigenvalue weighted by molar-refractivity contribution is 6.02. The molecule has 0 aromatic heterocycles. The Labute approximate surface area is 190 Å². The number of aliphatic imine (C=N–C) groups is 1. The number of amides is 2. The number of carbonyl (C=O) groups excluding carboxylic acids is 2. The molecule has 1 heterocycles. The molecule has 0 atom stereocenters. The van der Waals surface area contributed by atoms with E-state index in [0.717, 1.165) is 11.1 Å². The SMILES string of the molecule is COCCN(C(=O)CCC(=O)Nc1ccc2c(c1)CN=C2N)c1cccc(C)c1OC(F)F. The minimum absolute atomic E-state index is 0.0824. The number of amidine groups is 1. The maximum atomic E-state index is 13.0. The van der Waals surface area contributed by atoms with Crippen molar-refractivity contribution in [2.75, 3.05) is 30.5 Å². The summed E-state index contributed by atoms with van der Waals surface area (Å²) >= 11 is 0. The molecule has 0 fully saturated rings. The number of aryl methyl sites for hydroxylation is 1. The average Bonchev–Trinajstić information content (AvgIpc) is 3.14.